The molecule has 0 bridgehead atoms. The van der Waals surface area contributed by atoms with E-state index < -0.39 is 30.0 Å². The van der Waals surface area contributed by atoms with E-state index in [1.54, 1.807) is 0 Å². The summed E-state index contributed by atoms with van der Waals surface area (Å²) in [5.41, 5.74) is -1.44. The first-order valence-corrected chi connectivity index (χ1v) is 8.56. The van der Waals surface area contributed by atoms with E-state index in [1.807, 2.05) is 0 Å². The highest BCUT2D eigenvalue weighted by atomic mass is 35.5. The van der Waals surface area contributed by atoms with Crippen LogP contribution in [0.15, 0.2) is 18.3 Å². The van der Waals surface area contributed by atoms with Crippen molar-refractivity contribution in [2.75, 3.05) is 6.61 Å². The average Bonchev–Trinajstić information content (AvgIpc) is 3.24. The highest BCUT2D eigenvalue weighted by Crippen LogP contribution is 2.39. The number of hydrogen-bond acceptors (Lipinski definition) is 3. The van der Waals surface area contributed by atoms with Gasteiger partial charge in [-0.3, -0.25) is 0 Å². The molecule has 1 aliphatic carbocycles. The van der Waals surface area contributed by atoms with Gasteiger partial charge in [0.15, 0.2) is 12.4 Å². The molecular weight excluding hydrogens is 388 g/mol. The molecule has 1 heterocycles. The van der Waals surface area contributed by atoms with E-state index in [-0.39, 0.29) is 22.6 Å². The topological polar surface area (TPSA) is 36.3 Å². The number of benzene rings is 1. The van der Waals surface area contributed by atoms with Gasteiger partial charge in [0.1, 0.15) is 17.0 Å². The molecule has 27 heavy (non-hydrogen) atoms. The van der Waals surface area contributed by atoms with Gasteiger partial charge in [-0.05, 0) is 31.7 Å². The van der Waals surface area contributed by atoms with Gasteiger partial charge in [0, 0.05) is 6.07 Å². The molecule has 0 saturated heterocycles. The second-order valence-corrected chi connectivity index (χ2v) is 6.43. The minimum atomic E-state index is -4.74. The lowest BCUT2D eigenvalue weighted by atomic mass is 10.2. The van der Waals surface area contributed by atoms with Crippen molar-refractivity contribution in [2.24, 2.45) is 0 Å². The molecule has 1 aliphatic rings. The summed E-state index contributed by atoms with van der Waals surface area (Å²) >= 11 is 6.04. The Labute approximate surface area is 158 Å². The van der Waals surface area contributed by atoms with Crippen LogP contribution in [0.1, 0.15) is 31.2 Å². The van der Waals surface area contributed by atoms with Crippen molar-refractivity contribution in [2.45, 2.75) is 38.0 Å². The van der Waals surface area contributed by atoms with E-state index in [1.165, 1.54) is 6.07 Å². The average molecular weight is 403 g/mol. The zero-order chi connectivity index (χ0) is 19.6. The number of alkyl halides is 3. The van der Waals surface area contributed by atoms with E-state index in [4.69, 9.17) is 27.5 Å². The Balaban J connectivity index is 2.04. The van der Waals surface area contributed by atoms with Crippen LogP contribution in [-0.2, 0) is 6.18 Å². The quantitative estimate of drug-likeness (QED) is 0.520. The Kier molecular flexibility index (Phi) is 5.51. The molecule has 0 aliphatic heterocycles. The molecular formula is C18H15ClF4N2O2. The fraction of sp³-hybridized carbons (Fsp3) is 0.389. The third kappa shape index (κ3) is 4.14. The Hall–Kier alpha value is -2.40. The van der Waals surface area contributed by atoms with E-state index in [9.17, 15) is 17.6 Å². The van der Waals surface area contributed by atoms with Gasteiger partial charge in [-0.15, -0.1) is 6.42 Å². The summed E-state index contributed by atoms with van der Waals surface area (Å²) in [6, 6.07) is 2.19. The molecule has 4 nitrogen and oxygen atoms in total. The van der Waals surface area contributed by atoms with Crippen LogP contribution in [0.3, 0.4) is 0 Å². The van der Waals surface area contributed by atoms with E-state index >= 15 is 0 Å². The fourth-order valence-corrected chi connectivity index (χ4v) is 3.10. The SMILES string of the molecule is C#CCOc1c(C(F)(F)F)cnn1-c1cc(OC2CCCC2)c(Cl)cc1F. The first kappa shape index (κ1) is 19.4. The normalized spacial score (nSPS) is 15.0. The van der Waals surface area contributed by atoms with Gasteiger partial charge in [-0.25, -0.2) is 4.39 Å². The highest BCUT2D eigenvalue weighted by molar-refractivity contribution is 6.32. The molecule has 3 rings (SSSR count). The Morgan fingerprint density at radius 3 is 2.63 bits per heavy atom. The number of ether oxygens (including phenoxy) is 2. The molecule has 0 unspecified atom stereocenters. The van der Waals surface area contributed by atoms with Crippen molar-refractivity contribution >= 4 is 11.6 Å². The van der Waals surface area contributed by atoms with Gasteiger partial charge in [0.2, 0.25) is 5.88 Å². The number of nitrogens with zero attached hydrogens (tertiary/aromatic N) is 2. The van der Waals surface area contributed by atoms with E-state index in [2.05, 4.69) is 11.0 Å². The maximum Gasteiger partial charge on any atom is 0.423 e. The van der Waals surface area contributed by atoms with Crippen LogP contribution >= 0.6 is 11.6 Å². The maximum atomic E-state index is 14.5. The molecule has 0 amide bonds. The van der Waals surface area contributed by atoms with Crippen molar-refractivity contribution < 1.29 is 27.0 Å². The zero-order valence-electron chi connectivity index (χ0n) is 14.0. The summed E-state index contributed by atoms with van der Waals surface area (Å²) in [5, 5.41) is 3.66. The van der Waals surface area contributed by atoms with Crippen molar-refractivity contribution in [3.63, 3.8) is 0 Å². The van der Waals surface area contributed by atoms with Gasteiger partial charge in [0.25, 0.3) is 0 Å². The second kappa shape index (κ2) is 7.69. The lowest BCUT2D eigenvalue weighted by Gasteiger charge is -2.17. The molecule has 144 valence electrons. The van der Waals surface area contributed by atoms with Crippen LogP contribution in [0.2, 0.25) is 5.02 Å². The van der Waals surface area contributed by atoms with Crippen LogP contribution in [0.4, 0.5) is 17.6 Å². The number of hydrogen-bond donors (Lipinski definition) is 0. The third-order valence-electron chi connectivity index (χ3n) is 4.15. The van der Waals surface area contributed by atoms with Gasteiger partial charge >= 0.3 is 6.18 Å². The standard InChI is InChI=1S/C18H15ClF4N2O2/c1-2-7-26-17-12(18(21,22)23)10-24-25(17)15-9-16(13(19)8-14(15)20)27-11-5-3-4-6-11/h1,8-11H,3-7H2. The van der Waals surface area contributed by atoms with Crippen molar-refractivity contribution in [3.8, 4) is 29.7 Å². The summed E-state index contributed by atoms with van der Waals surface area (Å²) in [6.45, 7) is -0.435. The van der Waals surface area contributed by atoms with E-state index in [0.29, 0.717) is 10.9 Å². The smallest absolute Gasteiger partial charge is 0.423 e. The summed E-state index contributed by atoms with van der Waals surface area (Å²) < 4.78 is 65.5. The predicted molar refractivity (Wildman–Crippen MR) is 90.7 cm³/mol. The van der Waals surface area contributed by atoms with Crippen molar-refractivity contribution in [1.82, 2.24) is 9.78 Å². The van der Waals surface area contributed by atoms with Crippen LogP contribution in [0, 0.1) is 18.2 Å². The van der Waals surface area contributed by atoms with Crippen LogP contribution in [0.5, 0.6) is 11.6 Å². The van der Waals surface area contributed by atoms with Gasteiger partial charge < -0.3 is 9.47 Å². The Morgan fingerprint density at radius 1 is 1.30 bits per heavy atom. The third-order valence-corrected chi connectivity index (χ3v) is 4.44. The summed E-state index contributed by atoms with van der Waals surface area (Å²) in [7, 11) is 0. The molecule has 1 saturated carbocycles. The number of terminal acetylenes is 1. The van der Waals surface area contributed by atoms with Crippen LogP contribution in [-0.4, -0.2) is 22.5 Å². The lowest BCUT2D eigenvalue weighted by molar-refractivity contribution is -0.138. The van der Waals surface area contributed by atoms with E-state index in [0.717, 1.165) is 31.7 Å². The molecule has 0 N–H and O–H groups in total. The molecule has 2 aromatic rings. The monoisotopic (exact) mass is 402 g/mol. The predicted octanol–water partition coefficient (Wildman–Crippen LogP) is 5.02. The van der Waals surface area contributed by atoms with Gasteiger partial charge in [-0.2, -0.15) is 23.0 Å². The largest absolute Gasteiger partial charge is 0.489 e. The van der Waals surface area contributed by atoms with Crippen LogP contribution in [0.25, 0.3) is 5.69 Å². The summed E-state index contributed by atoms with van der Waals surface area (Å²) in [4.78, 5) is 0. The lowest BCUT2D eigenvalue weighted by Crippen LogP contribution is -2.13. The molecule has 0 spiro atoms. The highest BCUT2D eigenvalue weighted by Gasteiger charge is 2.38. The minimum absolute atomic E-state index is 0.0254. The first-order valence-electron chi connectivity index (χ1n) is 8.19. The van der Waals surface area contributed by atoms with Crippen LogP contribution < -0.4 is 9.47 Å². The number of aromatic nitrogens is 2. The summed E-state index contributed by atoms with van der Waals surface area (Å²) in [6.07, 6.45) is 4.49. The number of rotatable bonds is 5. The molecule has 9 heteroatoms. The minimum Gasteiger partial charge on any atom is -0.489 e. The maximum absolute atomic E-state index is 14.5. The molecule has 0 atom stereocenters. The fourth-order valence-electron chi connectivity index (χ4n) is 2.91. The molecule has 1 aromatic heterocycles. The second-order valence-electron chi connectivity index (χ2n) is 6.02. The zero-order valence-corrected chi connectivity index (χ0v) is 14.8. The Bertz CT molecular complexity index is 867. The molecule has 1 aromatic carbocycles. The molecule has 0 radical (unpaired) electrons. The molecule has 1 fully saturated rings. The van der Waals surface area contributed by atoms with Gasteiger partial charge in [-0.1, -0.05) is 17.5 Å². The number of halogens is 5. The Morgan fingerprint density at radius 2 is 2.00 bits per heavy atom. The first-order chi connectivity index (χ1) is 12.8. The van der Waals surface area contributed by atoms with Crippen molar-refractivity contribution in [3.05, 3.63) is 34.7 Å². The van der Waals surface area contributed by atoms with Gasteiger partial charge in [0.05, 0.1) is 17.3 Å². The van der Waals surface area contributed by atoms with Crippen molar-refractivity contribution in [1.29, 1.82) is 0 Å². The summed E-state index contributed by atoms with van der Waals surface area (Å²) in [5.74, 6) is 0.675.